The molecule has 0 unspecified atom stereocenters. The number of hydrogen-bond acceptors (Lipinski definition) is 2. The van der Waals surface area contributed by atoms with E-state index in [-0.39, 0.29) is 0 Å². The van der Waals surface area contributed by atoms with Crippen molar-refractivity contribution in [3.8, 4) is 11.1 Å². The SMILES string of the molecule is CC(C)c1ccccc1Nc1ccc(-c2ccc(Nc3ccccc3C(C)C)cc2)cc1. The lowest BCUT2D eigenvalue weighted by Gasteiger charge is -2.15. The fraction of sp³-hybridized carbons (Fsp3) is 0.200. The Bertz CT molecular complexity index is 1060. The molecule has 2 nitrogen and oxygen atoms in total. The second-order valence-electron chi connectivity index (χ2n) is 8.89. The highest BCUT2D eigenvalue weighted by molar-refractivity contribution is 5.72. The van der Waals surface area contributed by atoms with Gasteiger partial charge in [-0.15, -0.1) is 0 Å². The van der Waals surface area contributed by atoms with Crippen LogP contribution in [-0.2, 0) is 0 Å². The molecule has 162 valence electrons. The first-order chi connectivity index (χ1) is 15.5. The lowest BCUT2D eigenvalue weighted by Crippen LogP contribution is -1.97. The van der Waals surface area contributed by atoms with Crippen molar-refractivity contribution in [1.29, 1.82) is 0 Å². The van der Waals surface area contributed by atoms with Gasteiger partial charge in [-0.3, -0.25) is 0 Å². The molecule has 0 aliphatic rings. The van der Waals surface area contributed by atoms with Crippen LogP contribution in [0.4, 0.5) is 22.7 Å². The monoisotopic (exact) mass is 420 g/mol. The average molecular weight is 421 g/mol. The molecule has 4 rings (SSSR count). The van der Waals surface area contributed by atoms with E-state index in [0.717, 1.165) is 11.4 Å². The van der Waals surface area contributed by atoms with E-state index in [1.165, 1.54) is 33.6 Å². The lowest BCUT2D eigenvalue weighted by atomic mass is 10.0. The van der Waals surface area contributed by atoms with Gasteiger partial charge in [-0.1, -0.05) is 88.4 Å². The molecule has 0 aliphatic heterocycles. The molecule has 2 heteroatoms. The molecule has 0 amide bonds. The summed E-state index contributed by atoms with van der Waals surface area (Å²) in [5, 5.41) is 7.15. The van der Waals surface area contributed by atoms with Crippen LogP contribution in [0.3, 0.4) is 0 Å². The first kappa shape index (κ1) is 21.7. The van der Waals surface area contributed by atoms with E-state index in [1.807, 2.05) is 0 Å². The van der Waals surface area contributed by atoms with Crippen molar-refractivity contribution in [1.82, 2.24) is 0 Å². The molecule has 0 aromatic heterocycles. The van der Waals surface area contributed by atoms with Gasteiger partial charge in [0.25, 0.3) is 0 Å². The number of benzene rings is 4. The summed E-state index contributed by atoms with van der Waals surface area (Å²) in [6.07, 6.45) is 0. The van der Waals surface area contributed by atoms with E-state index < -0.39 is 0 Å². The maximum absolute atomic E-state index is 3.57. The van der Waals surface area contributed by atoms with E-state index in [2.05, 4.69) is 135 Å². The van der Waals surface area contributed by atoms with Crippen LogP contribution < -0.4 is 10.6 Å². The van der Waals surface area contributed by atoms with E-state index in [9.17, 15) is 0 Å². The lowest BCUT2D eigenvalue weighted by molar-refractivity contribution is 0.869. The summed E-state index contributed by atoms with van der Waals surface area (Å²) in [5.41, 5.74) is 9.64. The van der Waals surface area contributed by atoms with Gasteiger partial charge in [0.1, 0.15) is 0 Å². The molecule has 0 spiro atoms. The number of nitrogens with one attached hydrogen (secondary N) is 2. The van der Waals surface area contributed by atoms with Gasteiger partial charge < -0.3 is 10.6 Å². The van der Waals surface area contributed by atoms with Gasteiger partial charge in [0.15, 0.2) is 0 Å². The van der Waals surface area contributed by atoms with Crippen LogP contribution >= 0.6 is 0 Å². The van der Waals surface area contributed by atoms with Gasteiger partial charge in [-0.2, -0.15) is 0 Å². The normalized spacial score (nSPS) is 11.1. The highest BCUT2D eigenvalue weighted by Crippen LogP contribution is 2.30. The smallest absolute Gasteiger partial charge is 0.0419 e. The van der Waals surface area contributed by atoms with E-state index in [4.69, 9.17) is 0 Å². The third-order valence-electron chi connectivity index (χ3n) is 5.83. The highest BCUT2D eigenvalue weighted by Gasteiger charge is 2.08. The molecule has 0 atom stereocenters. The molecule has 0 heterocycles. The molecule has 0 radical (unpaired) electrons. The van der Waals surface area contributed by atoms with Crippen molar-refractivity contribution in [2.24, 2.45) is 0 Å². The van der Waals surface area contributed by atoms with Gasteiger partial charge in [-0.05, 0) is 70.5 Å². The molecule has 0 fully saturated rings. The first-order valence-electron chi connectivity index (χ1n) is 11.4. The van der Waals surface area contributed by atoms with Crippen LogP contribution in [0.25, 0.3) is 11.1 Å². The van der Waals surface area contributed by atoms with Crippen LogP contribution in [0, 0.1) is 0 Å². The predicted octanol–water partition coefficient (Wildman–Crippen LogP) is 9.09. The van der Waals surface area contributed by atoms with Crippen LogP contribution in [0.15, 0.2) is 97.1 Å². The fourth-order valence-corrected chi connectivity index (χ4v) is 4.03. The average Bonchev–Trinajstić information content (AvgIpc) is 2.81. The zero-order chi connectivity index (χ0) is 22.5. The second kappa shape index (κ2) is 9.74. The molecule has 0 saturated heterocycles. The topological polar surface area (TPSA) is 24.1 Å². The van der Waals surface area contributed by atoms with Gasteiger partial charge >= 0.3 is 0 Å². The number of anilines is 4. The fourth-order valence-electron chi connectivity index (χ4n) is 4.03. The zero-order valence-corrected chi connectivity index (χ0v) is 19.4. The Morgan fingerprint density at radius 1 is 0.438 bits per heavy atom. The van der Waals surface area contributed by atoms with Crippen LogP contribution in [-0.4, -0.2) is 0 Å². The Kier molecular flexibility index (Phi) is 6.61. The minimum atomic E-state index is 0.484. The van der Waals surface area contributed by atoms with E-state index >= 15 is 0 Å². The molecular weight excluding hydrogens is 388 g/mol. The summed E-state index contributed by atoms with van der Waals surface area (Å²) in [4.78, 5) is 0. The molecule has 32 heavy (non-hydrogen) atoms. The summed E-state index contributed by atoms with van der Waals surface area (Å²) in [7, 11) is 0. The second-order valence-corrected chi connectivity index (χ2v) is 8.89. The Morgan fingerprint density at radius 3 is 1.12 bits per heavy atom. The Labute approximate surface area is 192 Å². The third-order valence-corrected chi connectivity index (χ3v) is 5.83. The first-order valence-corrected chi connectivity index (χ1v) is 11.4. The van der Waals surface area contributed by atoms with Crippen molar-refractivity contribution in [2.75, 3.05) is 10.6 Å². The van der Waals surface area contributed by atoms with Crippen LogP contribution in [0.5, 0.6) is 0 Å². The van der Waals surface area contributed by atoms with Crippen molar-refractivity contribution in [3.05, 3.63) is 108 Å². The van der Waals surface area contributed by atoms with E-state index in [0.29, 0.717) is 11.8 Å². The maximum Gasteiger partial charge on any atom is 0.0419 e. The van der Waals surface area contributed by atoms with Crippen molar-refractivity contribution in [2.45, 2.75) is 39.5 Å². The number of para-hydroxylation sites is 2. The minimum absolute atomic E-state index is 0.484. The molecule has 0 aliphatic carbocycles. The van der Waals surface area contributed by atoms with Gasteiger partial charge in [0.2, 0.25) is 0 Å². The Morgan fingerprint density at radius 2 is 0.781 bits per heavy atom. The summed E-state index contributed by atoms with van der Waals surface area (Å²) >= 11 is 0. The van der Waals surface area contributed by atoms with Crippen molar-refractivity contribution in [3.63, 3.8) is 0 Å². The highest BCUT2D eigenvalue weighted by atomic mass is 14.9. The molecule has 2 N–H and O–H groups in total. The Balaban J connectivity index is 1.47. The summed E-state index contributed by atoms with van der Waals surface area (Å²) in [5.74, 6) is 0.968. The quantitative estimate of drug-likeness (QED) is 0.311. The Hall–Kier alpha value is -3.52. The number of rotatable bonds is 7. The largest absolute Gasteiger partial charge is 0.355 e. The summed E-state index contributed by atoms with van der Waals surface area (Å²) in [6.45, 7) is 8.90. The molecule has 4 aromatic carbocycles. The zero-order valence-electron chi connectivity index (χ0n) is 19.4. The van der Waals surface area contributed by atoms with Gasteiger partial charge in [0.05, 0.1) is 0 Å². The van der Waals surface area contributed by atoms with Gasteiger partial charge in [0, 0.05) is 22.7 Å². The van der Waals surface area contributed by atoms with Crippen LogP contribution in [0.2, 0.25) is 0 Å². The van der Waals surface area contributed by atoms with E-state index in [1.54, 1.807) is 0 Å². The van der Waals surface area contributed by atoms with Crippen LogP contribution in [0.1, 0.15) is 50.7 Å². The third kappa shape index (κ3) is 5.03. The number of hydrogen-bond donors (Lipinski definition) is 2. The maximum atomic E-state index is 3.57. The summed E-state index contributed by atoms with van der Waals surface area (Å²) < 4.78 is 0. The molecule has 4 aromatic rings. The predicted molar refractivity (Wildman–Crippen MR) is 140 cm³/mol. The van der Waals surface area contributed by atoms with Crippen molar-refractivity contribution < 1.29 is 0 Å². The van der Waals surface area contributed by atoms with Crippen molar-refractivity contribution >= 4 is 22.7 Å². The standard InChI is InChI=1S/C30H32N2/c1-21(2)27-9-5-7-11-29(27)31-25-17-13-23(14-18-25)24-15-19-26(20-16-24)32-30-12-8-6-10-28(30)22(3)4/h5-22,31-32H,1-4H3. The molecule has 0 bridgehead atoms. The van der Waals surface area contributed by atoms with Gasteiger partial charge in [-0.25, -0.2) is 0 Å². The minimum Gasteiger partial charge on any atom is -0.355 e. The molecule has 0 saturated carbocycles. The summed E-state index contributed by atoms with van der Waals surface area (Å²) in [6, 6.07) is 34.3. The molecular formula is C30H32N2.